The molecule has 2 fully saturated rings. The molecule has 0 amide bonds. The van der Waals surface area contributed by atoms with Crippen molar-refractivity contribution in [3.63, 3.8) is 0 Å². The van der Waals surface area contributed by atoms with Gasteiger partial charge in [-0.2, -0.15) is 13.2 Å². The number of imidazole rings is 1. The van der Waals surface area contributed by atoms with Crippen molar-refractivity contribution in [3.05, 3.63) is 82.1 Å². The highest BCUT2D eigenvalue weighted by molar-refractivity contribution is 5.58. The van der Waals surface area contributed by atoms with Crippen molar-refractivity contribution in [2.24, 2.45) is 18.4 Å². The third-order valence-electron chi connectivity index (χ3n) is 8.65. The minimum atomic E-state index is -4.59. The third kappa shape index (κ3) is 4.56. The standard InChI is InChI=1S/C30H35F3N6O/c1-20-7-6-10-37(13-20)14-21-11-24(30(31,32)33)25-16-38(27(40)39(25)15-21)23-9-5-8-22(12-23)29(17-28(2,3)18-29)26-35-34-19-36(26)4/h5,8-9,11-12,15-16,19-20H,6-7,10,13-14,17-18H2,1-4H3/t20-/m0/s1. The molecule has 1 aliphatic heterocycles. The molecule has 1 saturated heterocycles. The second-order valence-electron chi connectivity index (χ2n) is 12.7. The summed E-state index contributed by atoms with van der Waals surface area (Å²) in [6, 6.07) is 8.74. The third-order valence-corrected chi connectivity index (χ3v) is 8.65. The predicted molar refractivity (Wildman–Crippen MR) is 146 cm³/mol. The average molecular weight is 553 g/mol. The van der Waals surface area contributed by atoms with Crippen molar-refractivity contribution in [3.8, 4) is 5.69 Å². The molecule has 0 N–H and O–H groups in total. The molecule has 2 aliphatic rings. The van der Waals surface area contributed by atoms with E-state index in [9.17, 15) is 18.0 Å². The van der Waals surface area contributed by atoms with Gasteiger partial charge in [-0.15, -0.1) is 10.2 Å². The van der Waals surface area contributed by atoms with Crippen LogP contribution < -0.4 is 5.69 Å². The van der Waals surface area contributed by atoms with E-state index in [-0.39, 0.29) is 16.3 Å². The van der Waals surface area contributed by atoms with Crippen LogP contribution in [0.15, 0.2) is 53.8 Å². The highest BCUT2D eigenvalue weighted by atomic mass is 19.4. The maximum atomic E-state index is 14.3. The number of piperidine rings is 1. The smallest absolute Gasteiger partial charge is 0.320 e. The highest BCUT2D eigenvalue weighted by Crippen LogP contribution is 2.58. The molecule has 0 spiro atoms. The number of hydrogen-bond donors (Lipinski definition) is 0. The van der Waals surface area contributed by atoms with E-state index in [1.807, 2.05) is 29.8 Å². The van der Waals surface area contributed by atoms with Gasteiger partial charge in [0, 0.05) is 32.5 Å². The van der Waals surface area contributed by atoms with Crippen LogP contribution >= 0.6 is 0 Å². The average Bonchev–Trinajstić information content (AvgIpc) is 3.44. The van der Waals surface area contributed by atoms with E-state index >= 15 is 0 Å². The van der Waals surface area contributed by atoms with Crippen LogP contribution in [0.3, 0.4) is 0 Å². The molecular weight excluding hydrogens is 517 g/mol. The number of rotatable bonds is 5. The number of hydrogen-bond acceptors (Lipinski definition) is 4. The first kappa shape index (κ1) is 26.8. The molecule has 4 aromatic rings. The summed E-state index contributed by atoms with van der Waals surface area (Å²) < 4.78 is 47.2. The Morgan fingerprint density at radius 3 is 2.55 bits per heavy atom. The van der Waals surface area contributed by atoms with Crippen LogP contribution in [0.25, 0.3) is 11.2 Å². The summed E-state index contributed by atoms with van der Waals surface area (Å²) >= 11 is 0. The van der Waals surface area contributed by atoms with Crippen molar-refractivity contribution in [1.29, 1.82) is 0 Å². The molecule has 0 radical (unpaired) electrons. The predicted octanol–water partition coefficient (Wildman–Crippen LogP) is 5.58. The van der Waals surface area contributed by atoms with Crippen molar-refractivity contribution in [1.82, 2.24) is 28.6 Å². The lowest BCUT2D eigenvalue weighted by molar-refractivity contribution is -0.136. The van der Waals surface area contributed by atoms with Crippen LogP contribution in [0.1, 0.15) is 69.0 Å². The van der Waals surface area contributed by atoms with Gasteiger partial charge in [0.15, 0.2) is 0 Å². The number of pyridine rings is 1. The lowest BCUT2D eigenvalue weighted by atomic mass is 9.51. The topological polar surface area (TPSA) is 60.4 Å². The zero-order valence-electron chi connectivity index (χ0n) is 23.4. The van der Waals surface area contributed by atoms with Gasteiger partial charge in [-0.05, 0) is 72.9 Å². The summed E-state index contributed by atoms with van der Waals surface area (Å²) in [4.78, 5) is 15.8. The van der Waals surface area contributed by atoms with Crippen LogP contribution in [0.2, 0.25) is 0 Å². The SMILES string of the molecule is C[C@H]1CCCN(Cc2cc(C(F)(F)F)c3cn(-c4cccc(C5(c6nncn6C)CC(C)(C)C5)c4)c(=O)n3c2)C1. The van der Waals surface area contributed by atoms with Crippen molar-refractivity contribution < 1.29 is 13.2 Å². The van der Waals surface area contributed by atoms with E-state index in [4.69, 9.17) is 0 Å². The molecule has 10 heteroatoms. The van der Waals surface area contributed by atoms with E-state index in [0.717, 1.165) is 54.6 Å². The van der Waals surface area contributed by atoms with Crippen molar-refractivity contribution >= 4 is 5.52 Å². The molecule has 1 atom stereocenters. The minimum absolute atomic E-state index is 0.105. The second kappa shape index (κ2) is 9.33. The van der Waals surface area contributed by atoms with Gasteiger partial charge in [0.05, 0.1) is 22.2 Å². The van der Waals surface area contributed by atoms with Crippen molar-refractivity contribution in [2.75, 3.05) is 13.1 Å². The number of aryl methyl sites for hydroxylation is 1. The number of nitrogens with zero attached hydrogens (tertiary/aromatic N) is 6. The Morgan fingerprint density at radius 1 is 1.12 bits per heavy atom. The largest absolute Gasteiger partial charge is 0.418 e. The maximum Gasteiger partial charge on any atom is 0.418 e. The molecule has 212 valence electrons. The number of benzene rings is 1. The van der Waals surface area contributed by atoms with Gasteiger partial charge in [0.1, 0.15) is 12.2 Å². The summed E-state index contributed by atoms with van der Waals surface area (Å²) in [5, 5.41) is 8.52. The molecule has 1 saturated carbocycles. The van der Waals surface area contributed by atoms with E-state index in [2.05, 4.69) is 35.9 Å². The number of alkyl halides is 3. The van der Waals surface area contributed by atoms with Gasteiger partial charge in [-0.3, -0.25) is 13.9 Å². The Kier molecular flexibility index (Phi) is 6.25. The van der Waals surface area contributed by atoms with Crippen LogP contribution in [0.4, 0.5) is 13.2 Å². The van der Waals surface area contributed by atoms with E-state index < -0.39 is 17.4 Å². The van der Waals surface area contributed by atoms with Crippen LogP contribution in [-0.4, -0.2) is 41.7 Å². The Labute approximate surface area is 231 Å². The normalized spacial score (nSPS) is 21.0. The molecule has 0 bridgehead atoms. The van der Waals surface area contributed by atoms with Crippen LogP contribution in [-0.2, 0) is 25.2 Å². The lowest BCUT2D eigenvalue weighted by Gasteiger charge is -2.52. The molecule has 3 aromatic heterocycles. The van der Waals surface area contributed by atoms with Gasteiger partial charge in [0.25, 0.3) is 0 Å². The van der Waals surface area contributed by atoms with Gasteiger partial charge in [-0.25, -0.2) is 4.79 Å². The molecule has 4 heterocycles. The Hall–Kier alpha value is -3.40. The van der Waals surface area contributed by atoms with Gasteiger partial charge >= 0.3 is 11.9 Å². The first-order valence-corrected chi connectivity index (χ1v) is 13.9. The first-order chi connectivity index (χ1) is 18.9. The molecular formula is C30H35F3N6O. The summed E-state index contributed by atoms with van der Waals surface area (Å²) in [6.45, 7) is 8.64. The number of aromatic nitrogens is 5. The summed E-state index contributed by atoms with van der Waals surface area (Å²) in [6.07, 6.45) is 3.81. The highest BCUT2D eigenvalue weighted by Gasteiger charge is 2.54. The Bertz CT molecular complexity index is 1620. The van der Waals surface area contributed by atoms with E-state index in [1.54, 1.807) is 18.6 Å². The van der Waals surface area contributed by atoms with E-state index in [0.29, 0.717) is 23.7 Å². The zero-order chi connectivity index (χ0) is 28.4. The quantitative estimate of drug-likeness (QED) is 0.325. The number of halogens is 3. The molecule has 40 heavy (non-hydrogen) atoms. The van der Waals surface area contributed by atoms with Crippen molar-refractivity contribution in [2.45, 2.75) is 64.6 Å². The van der Waals surface area contributed by atoms with Gasteiger partial charge in [-0.1, -0.05) is 32.9 Å². The fourth-order valence-electron chi connectivity index (χ4n) is 7.18. The Balaban J connectivity index is 1.44. The zero-order valence-corrected chi connectivity index (χ0v) is 23.4. The molecule has 6 rings (SSSR count). The summed E-state index contributed by atoms with van der Waals surface area (Å²) in [7, 11) is 1.91. The molecule has 0 unspecified atom stereocenters. The maximum absolute atomic E-state index is 14.3. The second-order valence-corrected chi connectivity index (χ2v) is 12.7. The monoisotopic (exact) mass is 552 g/mol. The fourth-order valence-corrected chi connectivity index (χ4v) is 7.18. The lowest BCUT2D eigenvalue weighted by Crippen LogP contribution is -2.49. The van der Waals surface area contributed by atoms with Crippen LogP contribution in [0.5, 0.6) is 0 Å². The van der Waals surface area contributed by atoms with Gasteiger partial charge in [0.2, 0.25) is 0 Å². The molecule has 7 nitrogen and oxygen atoms in total. The number of likely N-dealkylation sites (tertiary alicyclic amines) is 1. The first-order valence-electron chi connectivity index (χ1n) is 13.9. The molecule has 1 aromatic carbocycles. The Morgan fingerprint density at radius 2 is 1.90 bits per heavy atom. The minimum Gasteiger partial charge on any atom is -0.320 e. The molecule has 1 aliphatic carbocycles. The summed E-state index contributed by atoms with van der Waals surface area (Å²) in [5.41, 5.74) is 0.242. The number of fused-ring (bicyclic) bond motifs is 1. The summed E-state index contributed by atoms with van der Waals surface area (Å²) in [5.74, 6) is 1.34. The van der Waals surface area contributed by atoms with Crippen LogP contribution in [0, 0.1) is 11.3 Å². The van der Waals surface area contributed by atoms with Gasteiger partial charge < -0.3 is 4.57 Å². The fraction of sp³-hybridized carbons (Fsp3) is 0.500. The van der Waals surface area contributed by atoms with E-state index in [1.165, 1.54) is 16.8 Å².